The third-order valence-electron chi connectivity index (χ3n) is 5.80. The molecule has 0 aliphatic carbocycles. The van der Waals surface area contributed by atoms with Crippen molar-refractivity contribution >= 4 is 60.7 Å². The van der Waals surface area contributed by atoms with Crippen molar-refractivity contribution in [2.75, 3.05) is 11.9 Å². The first-order chi connectivity index (χ1) is 18.2. The van der Waals surface area contributed by atoms with Crippen molar-refractivity contribution in [3.63, 3.8) is 0 Å². The number of ether oxygens (including phenoxy) is 1. The van der Waals surface area contributed by atoms with E-state index in [0.717, 1.165) is 42.8 Å². The van der Waals surface area contributed by atoms with E-state index in [0.29, 0.717) is 10.7 Å². The Labute approximate surface area is 220 Å². The number of carbonyl (C=O) groups excluding carboxylic acids is 2. The topological polar surface area (TPSA) is 81.2 Å². The summed E-state index contributed by atoms with van der Waals surface area (Å²) in [6.45, 7) is -0.418. The van der Waals surface area contributed by atoms with Gasteiger partial charge in [-0.25, -0.2) is 14.8 Å². The van der Waals surface area contributed by atoms with Crippen LogP contribution >= 0.6 is 22.7 Å². The molecule has 6 nitrogen and oxygen atoms in total. The van der Waals surface area contributed by atoms with Gasteiger partial charge in [-0.05, 0) is 23.6 Å². The van der Waals surface area contributed by atoms with E-state index < -0.39 is 18.5 Å². The monoisotopic (exact) mass is 521 g/mol. The van der Waals surface area contributed by atoms with Crippen LogP contribution < -0.4 is 5.32 Å². The van der Waals surface area contributed by atoms with Crippen LogP contribution in [-0.2, 0) is 9.53 Å². The summed E-state index contributed by atoms with van der Waals surface area (Å²) < 4.78 is 6.49. The van der Waals surface area contributed by atoms with Crippen molar-refractivity contribution in [2.45, 2.75) is 0 Å². The van der Waals surface area contributed by atoms with Gasteiger partial charge in [0.15, 0.2) is 11.7 Å². The van der Waals surface area contributed by atoms with E-state index in [2.05, 4.69) is 10.3 Å². The maximum atomic E-state index is 13.1. The van der Waals surface area contributed by atoms with Crippen LogP contribution in [0.15, 0.2) is 96.4 Å². The number of hydrogen-bond acceptors (Lipinski definition) is 7. The highest BCUT2D eigenvalue weighted by atomic mass is 32.1. The molecule has 0 unspecified atom stereocenters. The molecule has 37 heavy (non-hydrogen) atoms. The number of esters is 1. The molecular formula is C29H19N3O3S2. The fourth-order valence-electron chi connectivity index (χ4n) is 4.11. The Hall–Kier alpha value is -4.40. The Morgan fingerprint density at radius 1 is 0.838 bits per heavy atom. The summed E-state index contributed by atoms with van der Waals surface area (Å²) in [5.74, 6) is -1.02. The van der Waals surface area contributed by atoms with Crippen LogP contribution in [0.1, 0.15) is 10.4 Å². The Morgan fingerprint density at radius 3 is 2.46 bits per heavy atom. The second-order valence-electron chi connectivity index (χ2n) is 8.22. The van der Waals surface area contributed by atoms with Crippen LogP contribution in [0.2, 0.25) is 0 Å². The molecule has 0 radical (unpaired) electrons. The first-order valence-corrected chi connectivity index (χ1v) is 13.2. The predicted octanol–water partition coefficient (Wildman–Crippen LogP) is 7.04. The maximum absolute atomic E-state index is 13.1. The Morgan fingerprint density at radius 2 is 1.62 bits per heavy atom. The molecule has 0 aliphatic rings. The summed E-state index contributed by atoms with van der Waals surface area (Å²) in [5, 5.41) is 7.50. The lowest BCUT2D eigenvalue weighted by Crippen LogP contribution is -2.21. The molecule has 6 rings (SSSR count). The molecule has 0 spiro atoms. The van der Waals surface area contributed by atoms with E-state index in [9.17, 15) is 9.59 Å². The summed E-state index contributed by atoms with van der Waals surface area (Å²) in [4.78, 5) is 34.9. The van der Waals surface area contributed by atoms with Gasteiger partial charge in [0.05, 0.1) is 21.5 Å². The van der Waals surface area contributed by atoms with E-state index >= 15 is 0 Å². The van der Waals surface area contributed by atoms with Crippen LogP contribution in [-0.4, -0.2) is 28.5 Å². The summed E-state index contributed by atoms with van der Waals surface area (Å²) in [5.41, 5.74) is 3.89. The maximum Gasteiger partial charge on any atom is 0.339 e. The molecule has 1 amide bonds. The van der Waals surface area contributed by atoms with Crippen LogP contribution in [0.25, 0.3) is 42.8 Å². The number of thiazole rings is 2. The highest BCUT2D eigenvalue weighted by Gasteiger charge is 2.19. The zero-order chi connectivity index (χ0) is 25.2. The van der Waals surface area contributed by atoms with Gasteiger partial charge in [0.1, 0.15) is 5.01 Å². The highest BCUT2D eigenvalue weighted by molar-refractivity contribution is 7.21. The third-order valence-corrected chi connectivity index (χ3v) is 7.63. The fraction of sp³-hybridized carbons (Fsp3) is 0.0345. The molecule has 0 saturated heterocycles. The fourth-order valence-corrected chi connectivity index (χ4v) is 5.85. The lowest BCUT2D eigenvalue weighted by molar-refractivity contribution is -0.119. The average Bonchev–Trinajstić information content (AvgIpc) is 3.59. The average molecular weight is 522 g/mol. The Balaban J connectivity index is 1.21. The minimum Gasteiger partial charge on any atom is -0.452 e. The number of amides is 1. The second-order valence-corrected chi connectivity index (χ2v) is 10.1. The van der Waals surface area contributed by atoms with E-state index in [-0.39, 0.29) is 0 Å². The number of nitrogens with zero attached hydrogens (tertiary/aromatic N) is 2. The number of fused-ring (bicyclic) bond motifs is 2. The number of aromatic nitrogens is 2. The predicted molar refractivity (Wildman–Crippen MR) is 149 cm³/mol. The lowest BCUT2D eigenvalue weighted by atomic mass is 9.99. The minimum atomic E-state index is -0.571. The highest BCUT2D eigenvalue weighted by Crippen LogP contribution is 2.36. The molecule has 0 aliphatic heterocycles. The van der Waals surface area contributed by atoms with Gasteiger partial charge in [0, 0.05) is 21.9 Å². The standard InChI is InChI=1S/C29H19N3O3S2/c33-25(32-29-31-23(17-36-29)18-8-2-1-3-9-18)16-35-28(34)21-13-7-11-19-10-6-12-20(26(19)21)27-30-22-14-4-5-15-24(22)37-27/h1-15,17H,16H2,(H,31,32,33). The van der Waals surface area contributed by atoms with Crippen LogP contribution in [0.5, 0.6) is 0 Å². The Kier molecular flexibility index (Phi) is 6.18. The van der Waals surface area contributed by atoms with E-state index in [1.54, 1.807) is 17.4 Å². The van der Waals surface area contributed by atoms with Crippen LogP contribution in [0.3, 0.4) is 0 Å². The molecule has 8 heteroatoms. The largest absolute Gasteiger partial charge is 0.452 e. The molecular weight excluding hydrogens is 502 g/mol. The van der Waals surface area contributed by atoms with Crippen LogP contribution in [0.4, 0.5) is 5.13 Å². The van der Waals surface area contributed by atoms with Gasteiger partial charge in [-0.2, -0.15) is 0 Å². The van der Waals surface area contributed by atoms with E-state index in [4.69, 9.17) is 9.72 Å². The molecule has 1 N–H and O–H groups in total. The van der Waals surface area contributed by atoms with Gasteiger partial charge in [-0.3, -0.25) is 10.1 Å². The normalized spacial score (nSPS) is 11.0. The Bertz CT molecular complexity index is 1720. The summed E-state index contributed by atoms with van der Waals surface area (Å²) in [7, 11) is 0. The molecule has 2 heterocycles. The summed E-state index contributed by atoms with van der Waals surface area (Å²) in [6, 6.07) is 29.0. The molecule has 6 aromatic rings. The van der Waals surface area contributed by atoms with Crippen molar-refractivity contribution in [1.82, 2.24) is 9.97 Å². The van der Waals surface area contributed by atoms with Crippen molar-refractivity contribution in [1.29, 1.82) is 0 Å². The van der Waals surface area contributed by atoms with Crippen molar-refractivity contribution < 1.29 is 14.3 Å². The number of rotatable bonds is 6. The van der Waals surface area contributed by atoms with E-state index in [1.807, 2.05) is 90.3 Å². The molecule has 180 valence electrons. The number of hydrogen-bond donors (Lipinski definition) is 1. The molecule has 0 bridgehead atoms. The molecule has 4 aromatic carbocycles. The van der Waals surface area contributed by atoms with Crippen molar-refractivity contribution in [3.05, 3.63) is 102 Å². The van der Waals surface area contributed by atoms with Gasteiger partial charge in [-0.15, -0.1) is 22.7 Å². The molecule has 0 fully saturated rings. The third kappa shape index (κ3) is 4.72. The SMILES string of the molecule is O=C(COC(=O)c1cccc2cccc(-c3nc4ccccc4s3)c12)Nc1nc(-c2ccccc2)cs1. The first kappa shape index (κ1) is 23.0. The van der Waals surface area contributed by atoms with Crippen LogP contribution in [0, 0.1) is 0 Å². The lowest BCUT2D eigenvalue weighted by Gasteiger charge is -2.10. The zero-order valence-corrected chi connectivity index (χ0v) is 21.0. The molecule has 0 saturated carbocycles. The molecule has 2 aromatic heterocycles. The van der Waals surface area contributed by atoms with Gasteiger partial charge in [0.2, 0.25) is 0 Å². The van der Waals surface area contributed by atoms with Gasteiger partial charge in [-0.1, -0.05) is 72.8 Å². The summed E-state index contributed by atoms with van der Waals surface area (Å²) >= 11 is 2.89. The first-order valence-electron chi connectivity index (χ1n) is 11.5. The smallest absolute Gasteiger partial charge is 0.339 e. The van der Waals surface area contributed by atoms with Crippen molar-refractivity contribution in [2.24, 2.45) is 0 Å². The van der Waals surface area contributed by atoms with Gasteiger partial charge >= 0.3 is 5.97 Å². The zero-order valence-electron chi connectivity index (χ0n) is 19.4. The minimum absolute atomic E-state index is 0.390. The van der Waals surface area contributed by atoms with Gasteiger partial charge in [0.25, 0.3) is 5.91 Å². The second kappa shape index (κ2) is 9.93. The van der Waals surface area contributed by atoms with Crippen molar-refractivity contribution in [3.8, 4) is 21.8 Å². The number of anilines is 1. The van der Waals surface area contributed by atoms with E-state index in [1.165, 1.54) is 11.3 Å². The van der Waals surface area contributed by atoms with Gasteiger partial charge < -0.3 is 4.74 Å². The number of para-hydroxylation sites is 1. The summed E-state index contributed by atoms with van der Waals surface area (Å²) in [6.07, 6.45) is 0. The quantitative estimate of drug-likeness (QED) is 0.238. The number of nitrogens with one attached hydrogen (secondary N) is 1. The number of carbonyl (C=O) groups is 2. The molecule has 0 atom stereocenters. The number of benzene rings is 4.